The molecule has 0 heterocycles. The van der Waals surface area contributed by atoms with Crippen molar-refractivity contribution in [3.05, 3.63) is 35.9 Å². The Balaban J connectivity index is 2.50. The lowest BCUT2D eigenvalue weighted by atomic mass is 9.99. The smallest absolute Gasteiger partial charge is 0.314 e. The summed E-state index contributed by atoms with van der Waals surface area (Å²) in [6.45, 7) is 5.60. The van der Waals surface area contributed by atoms with Gasteiger partial charge >= 0.3 is 5.97 Å². The van der Waals surface area contributed by atoms with E-state index < -0.39 is 0 Å². The Labute approximate surface area is 115 Å². The van der Waals surface area contributed by atoms with Crippen LogP contribution in [0.15, 0.2) is 30.3 Å². The Kier molecular flexibility index (Phi) is 7.15. The molecule has 106 valence electrons. The molecule has 1 aromatic rings. The van der Waals surface area contributed by atoms with Crippen LogP contribution in [0.4, 0.5) is 0 Å². The molecule has 1 atom stereocenters. The molecule has 19 heavy (non-hydrogen) atoms. The minimum Gasteiger partial charge on any atom is -0.469 e. The lowest BCUT2D eigenvalue weighted by molar-refractivity contribution is -0.142. The lowest BCUT2D eigenvalue weighted by Crippen LogP contribution is -2.33. The topological polar surface area (TPSA) is 41.6 Å². The minimum atomic E-state index is -0.238. The van der Waals surface area contributed by atoms with Gasteiger partial charge in [0.15, 0.2) is 0 Å². The number of hydrogen-bond acceptors (Lipinski definition) is 4. The van der Waals surface area contributed by atoms with Gasteiger partial charge in [0, 0.05) is 19.6 Å². The van der Waals surface area contributed by atoms with Crippen LogP contribution >= 0.6 is 0 Å². The first-order chi connectivity index (χ1) is 9.19. The number of benzene rings is 1. The second kappa shape index (κ2) is 8.67. The van der Waals surface area contributed by atoms with E-state index in [1.807, 2.05) is 30.3 Å². The second-order valence-corrected chi connectivity index (χ2v) is 4.59. The van der Waals surface area contributed by atoms with E-state index in [1.54, 1.807) is 0 Å². The van der Waals surface area contributed by atoms with Gasteiger partial charge in [-0.1, -0.05) is 37.3 Å². The van der Waals surface area contributed by atoms with Crippen molar-refractivity contribution in [1.82, 2.24) is 10.2 Å². The number of nitrogens with one attached hydrogen (secondary N) is 1. The van der Waals surface area contributed by atoms with Crippen molar-refractivity contribution < 1.29 is 9.53 Å². The van der Waals surface area contributed by atoms with Crippen molar-refractivity contribution in [2.45, 2.75) is 12.8 Å². The van der Waals surface area contributed by atoms with Gasteiger partial charge in [-0.2, -0.15) is 0 Å². The molecule has 0 amide bonds. The largest absolute Gasteiger partial charge is 0.469 e. The molecule has 1 rings (SSSR count). The highest BCUT2D eigenvalue weighted by Gasteiger charge is 2.20. The molecule has 4 heteroatoms. The maximum absolute atomic E-state index is 11.8. The van der Waals surface area contributed by atoms with Crippen molar-refractivity contribution in [1.29, 1.82) is 0 Å². The molecule has 0 saturated heterocycles. The normalized spacial score (nSPS) is 12.4. The fourth-order valence-corrected chi connectivity index (χ4v) is 1.84. The molecular formula is C15H24N2O2. The van der Waals surface area contributed by atoms with Gasteiger partial charge in [-0.25, -0.2) is 0 Å². The van der Waals surface area contributed by atoms with Gasteiger partial charge in [-0.05, 0) is 19.2 Å². The Morgan fingerprint density at radius 2 is 2.05 bits per heavy atom. The number of ether oxygens (including phenoxy) is 1. The van der Waals surface area contributed by atoms with Gasteiger partial charge in [0.1, 0.15) is 0 Å². The van der Waals surface area contributed by atoms with E-state index in [2.05, 4.69) is 24.2 Å². The van der Waals surface area contributed by atoms with Crippen molar-refractivity contribution in [2.24, 2.45) is 0 Å². The number of rotatable bonds is 8. The van der Waals surface area contributed by atoms with Crippen molar-refractivity contribution >= 4 is 5.97 Å². The Hall–Kier alpha value is -1.39. The monoisotopic (exact) mass is 264 g/mol. The van der Waals surface area contributed by atoms with E-state index in [4.69, 9.17) is 4.74 Å². The summed E-state index contributed by atoms with van der Waals surface area (Å²) < 4.78 is 4.88. The van der Waals surface area contributed by atoms with E-state index in [0.29, 0.717) is 6.54 Å². The SMILES string of the molecule is CCN(C)CCNCC(C(=O)OC)c1ccccc1. The fraction of sp³-hybridized carbons (Fsp3) is 0.533. The number of nitrogens with zero attached hydrogens (tertiary/aromatic N) is 1. The van der Waals surface area contributed by atoms with Gasteiger partial charge in [0.25, 0.3) is 0 Å². The summed E-state index contributed by atoms with van der Waals surface area (Å²) in [5.41, 5.74) is 0.991. The van der Waals surface area contributed by atoms with E-state index in [9.17, 15) is 4.79 Å². The van der Waals surface area contributed by atoms with Gasteiger partial charge in [-0.15, -0.1) is 0 Å². The standard InChI is InChI=1S/C15H24N2O2/c1-4-17(2)11-10-16-12-14(15(18)19-3)13-8-6-5-7-9-13/h5-9,14,16H,4,10-12H2,1-3H3. The molecule has 1 unspecified atom stereocenters. The van der Waals surface area contributed by atoms with Crippen LogP contribution in [-0.2, 0) is 9.53 Å². The number of hydrogen-bond donors (Lipinski definition) is 1. The first kappa shape index (κ1) is 15.7. The summed E-state index contributed by atoms with van der Waals surface area (Å²) in [5.74, 6) is -0.430. The molecule has 0 spiro atoms. The molecule has 1 N–H and O–H groups in total. The quantitative estimate of drug-likeness (QED) is 0.570. The zero-order chi connectivity index (χ0) is 14.1. The van der Waals surface area contributed by atoms with Crippen LogP contribution in [0.1, 0.15) is 18.4 Å². The second-order valence-electron chi connectivity index (χ2n) is 4.59. The van der Waals surface area contributed by atoms with Crippen LogP contribution in [0, 0.1) is 0 Å². The third kappa shape index (κ3) is 5.41. The molecule has 0 aliphatic heterocycles. The molecular weight excluding hydrogens is 240 g/mol. The summed E-state index contributed by atoms with van der Waals surface area (Å²) in [5, 5.41) is 3.32. The summed E-state index contributed by atoms with van der Waals surface area (Å²) in [6, 6.07) is 9.75. The van der Waals surface area contributed by atoms with Gasteiger partial charge in [0.2, 0.25) is 0 Å². The maximum Gasteiger partial charge on any atom is 0.314 e. The third-order valence-corrected chi connectivity index (χ3v) is 3.25. The molecule has 0 aromatic heterocycles. The van der Waals surface area contributed by atoms with E-state index in [1.165, 1.54) is 7.11 Å². The van der Waals surface area contributed by atoms with Crippen LogP contribution in [0.5, 0.6) is 0 Å². The zero-order valence-corrected chi connectivity index (χ0v) is 12.1. The summed E-state index contributed by atoms with van der Waals surface area (Å²) in [4.78, 5) is 14.0. The Morgan fingerprint density at radius 1 is 1.37 bits per heavy atom. The number of esters is 1. The first-order valence-electron chi connectivity index (χ1n) is 6.71. The van der Waals surface area contributed by atoms with Crippen LogP contribution < -0.4 is 5.32 Å². The number of carbonyl (C=O) groups is 1. The van der Waals surface area contributed by atoms with Gasteiger partial charge < -0.3 is 15.0 Å². The predicted octanol–water partition coefficient (Wildman–Crippen LogP) is 1.48. The highest BCUT2D eigenvalue weighted by Crippen LogP contribution is 2.15. The third-order valence-electron chi connectivity index (χ3n) is 3.25. The highest BCUT2D eigenvalue weighted by atomic mass is 16.5. The predicted molar refractivity (Wildman–Crippen MR) is 77.2 cm³/mol. The highest BCUT2D eigenvalue weighted by molar-refractivity contribution is 5.78. The molecule has 4 nitrogen and oxygen atoms in total. The van der Waals surface area contributed by atoms with Gasteiger partial charge in [0.05, 0.1) is 13.0 Å². The van der Waals surface area contributed by atoms with E-state index in [-0.39, 0.29) is 11.9 Å². The van der Waals surface area contributed by atoms with Crippen LogP contribution in [0.25, 0.3) is 0 Å². The zero-order valence-electron chi connectivity index (χ0n) is 12.1. The molecule has 1 aromatic carbocycles. The Morgan fingerprint density at radius 3 is 2.63 bits per heavy atom. The summed E-state index contributed by atoms with van der Waals surface area (Å²) >= 11 is 0. The molecule has 0 aliphatic carbocycles. The molecule has 0 aliphatic rings. The number of carbonyl (C=O) groups excluding carboxylic acids is 1. The number of methoxy groups -OCH3 is 1. The Bertz CT molecular complexity index is 368. The van der Waals surface area contributed by atoms with Crippen LogP contribution in [0.2, 0.25) is 0 Å². The average Bonchev–Trinajstić information content (AvgIpc) is 2.47. The minimum absolute atomic E-state index is 0.192. The maximum atomic E-state index is 11.8. The molecule has 0 fully saturated rings. The average molecular weight is 264 g/mol. The van der Waals surface area contributed by atoms with E-state index >= 15 is 0 Å². The van der Waals surface area contributed by atoms with Crippen molar-refractivity contribution in [3.8, 4) is 0 Å². The number of likely N-dealkylation sites (N-methyl/N-ethyl adjacent to an activating group) is 1. The van der Waals surface area contributed by atoms with Crippen molar-refractivity contribution in [3.63, 3.8) is 0 Å². The summed E-state index contributed by atoms with van der Waals surface area (Å²) in [7, 11) is 3.51. The fourth-order valence-electron chi connectivity index (χ4n) is 1.84. The van der Waals surface area contributed by atoms with Gasteiger partial charge in [-0.3, -0.25) is 4.79 Å². The first-order valence-corrected chi connectivity index (χ1v) is 6.71. The van der Waals surface area contributed by atoms with E-state index in [0.717, 1.165) is 25.2 Å². The van der Waals surface area contributed by atoms with Crippen LogP contribution in [0.3, 0.4) is 0 Å². The van der Waals surface area contributed by atoms with Crippen LogP contribution in [-0.4, -0.2) is 51.2 Å². The lowest BCUT2D eigenvalue weighted by Gasteiger charge is -2.18. The molecule has 0 saturated carbocycles. The molecule has 0 radical (unpaired) electrons. The van der Waals surface area contributed by atoms with Crippen molar-refractivity contribution in [2.75, 3.05) is 40.3 Å². The molecule has 0 bridgehead atoms. The summed E-state index contributed by atoms with van der Waals surface area (Å²) in [6.07, 6.45) is 0.